The molecule has 0 heterocycles. The van der Waals surface area contributed by atoms with Gasteiger partial charge in [-0.3, -0.25) is 0 Å². The third-order valence-electron chi connectivity index (χ3n) is 6.65. The summed E-state index contributed by atoms with van der Waals surface area (Å²) in [6.07, 6.45) is -7.21. The first kappa shape index (κ1) is 21.2. The van der Waals surface area contributed by atoms with Crippen molar-refractivity contribution in [2.45, 2.75) is 101 Å². The second-order valence-corrected chi connectivity index (χ2v) is 8.54. The van der Waals surface area contributed by atoms with Gasteiger partial charge in [0, 0.05) is 0 Å². The van der Waals surface area contributed by atoms with Crippen molar-refractivity contribution in [2.75, 3.05) is 0 Å². The van der Waals surface area contributed by atoms with Crippen molar-refractivity contribution in [3.8, 4) is 0 Å². The molecule has 2 bridgehead atoms. The van der Waals surface area contributed by atoms with Gasteiger partial charge in [-0.1, -0.05) is 25.7 Å². The number of hydrogen-bond donors (Lipinski definition) is 0. The molecule has 0 aromatic rings. The Hall–Kier alpha value is -0.500. The molecule has 3 saturated carbocycles. The van der Waals surface area contributed by atoms with E-state index in [-0.39, 0.29) is 17.9 Å². The normalized spacial score (nSPS) is 31.4. The molecule has 4 unspecified atom stereocenters. The van der Waals surface area contributed by atoms with E-state index in [1.54, 1.807) is 0 Å². The zero-order valence-corrected chi connectivity index (χ0v) is 15.5. The molecule has 3 aliphatic carbocycles. The van der Waals surface area contributed by atoms with Crippen LogP contribution in [0, 0.1) is 17.8 Å². The quantitative estimate of drug-likeness (QED) is 0.379. The predicted octanol–water partition coefficient (Wildman–Crippen LogP) is 6.39. The standard InChI is InChI=1S/C19H28F6O2/c1-12(26-16-5-3-2-4-6-16)27-17(18(20,21)22,19(23,24)25)11-15-10-13-7-8-14(15)9-13/h12-16H,2-11H2,1H3. The van der Waals surface area contributed by atoms with Crippen LogP contribution in [0.1, 0.15) is 71.1 Å². The summed E-state index contributed by atoms with van der Waals surface area (Å²) in [5, 5.41) is 0. The largest absolute Gasteiger partial charge is 0.426 e. The first-order valence-electron chi connectivity index (χ1n) is 9.98. The average Bonchev–Trinajstić information content (AvgIpc) is 3.15. The first-order valence-corrected chi connectivity index (χ1v) is 9.98. The Morgan fingerprint density at radius 3 is 1.96 bits per heavy atom. The minimum absolute atomic E-state index is 0.0581. The number of ether oxygens (including phenoxy) is 2. The Bertz CT molecular complexity index is 483. The number of halogens is 6. The fourth-order valence-corrected chi connectivity index (χ4v) is 5.35. The lowest BCUT2D eigenvalue weighted by atomic mass is 9.79. The Kier molecular flexibility index (Phi) is 6.07. The van der Waals surface area contributed by atoms with Gasteiger partial charge in [0.15, 0.2) is 6.29 Å². The molecule has 0 saturated heterocycles. The molecule has 0 aliphatic heterocycles. The minimum atomic E-state index is -5.54. The zero-order valence-electron chi connectivity index (χ0n) is 15.5. The van der Waals surface area contributed by atoms with E-state index in [4.69, 9.17) is 9.47 Å². The Labute approximate surface area is 156 Å². The topological polar surface area (TPSA) is 18.5 Å². The molecule has 4 atom stereocenters. The maximum atomic E-state index is 13.8. The zero-order chi connectivity index (χ0) is 19.9. The van der Waals surface area contributed by atoms with Crippen molar-refractivity contribution >= 4 is 0 Å². The van der Waals surface area contributed by atoms with Crippen molar-refractivity contribution in [2.24, 2.45) is 17.8 Å². The van der Waals surface area contributed by atoms with Crippen molar-refractivity contribution in [1.82, 2.24) is 0 Å². The minimum Gasteiger partial charge on any atom is -0.350 e. The summed E-state index contributed by atoms with van der Waals surface area (Å²) in [7, 11) is 0. The van der Waals surface area contributed by atoms with Gasteiger partial charge in [-0.25, -0.2) is 0 Å². The predicted molar refractivity (Wildman–Crippen MR) is 86.9 cm³/mol. The second-order valence-electron chi connectivity index (χ2n) is 8.54. The van der Waals surface area contributed by atoms with E-state index in [0.29, 0.717) is 19.3 Å². The lowest BCUT2D eigenvalue weighted by molar-refractivity contribution is -0.414. The number of rotatable bonds is 6. The molecular weight excluding hydrogens is 374 g/mol. The van der Waals surface area contributed by atoms with E-state index in [2.05, 4.69) is 0 Å². The van der Waals surface area contributed by atoms with Crippen LogP contribution in [0.4, 0.5) is 26.3 Å². The fraction of sp³-hybridized carbons (Fsp3) is 1.00. The Morgan fingerprint density at radius 2 is 1.48 bits per heavy atom. The van der Waals surface area contributed by atoms with Crippen LogP contribution < -0.4 is 0 Å². The molecule has 0 amide bonds. The monoisotopic (exact) mass is 402 g/mol. The molecular formula is C19H28F6O2. The average molecular weight is 402 g/mol. The van der Waals surface area contributed by atoms with Crippen LogP contribution in [0.5, 0.6) is 0 Å². The Balaban J connectivity index is 1.77. The number of hydrogen-bond acceptors (Lipinski definition) is 2. The van der Waals surface area contributed by atoms with Crippen LogP contribution >= 0.6 is 0 Å². The van der Waals surface area contributed by atoms with E-state index >= 15 is 0 Å². The molecule has 3 rings (SSSR count). The second kappa shape index (κ2) is 7.73. The summed E-state index contributed by atoms with van der Waals surface area (Å²) < 4.78 is 93.0. The third-order valence-corrected chi connectivity index (χ3v) is 6.65. The highest BCUT2D eigenvalue weighted by molar-refractivity contribution is 5.02. The van der Waals surface area contributed by atoms with Gasteiger partial charge < -0.3 is 9.47 Å². The highest BCUT2D eigenvalue weighted by Crippen LogP contribution is 2.57. The van der Waals surface area contributed by atoms with Crippen molar-refractivity contribution in [3.05, 3.63) is 0 Å². The van der Waals surface area contributed by atoms with Crippen molar-refractivity contribution in [3.63, 3.8) is 0 Å². The van der Waals surface area contributed by atoms with E-state index in [9.17, 15) is 26.3 Å². The maximum Gasteiger partial charge on any atom is 0.426 e. The highest BCUT2D eigenvalue weighted by atomic mass is 19.4. The molecule has 0 aromatic heterocycles. The van der Waals surface area contributed by atoms with Crippen LogP contribution in [0.15, 0.2) is 0 Å². The van der Waals surface area contributed by atoms with Gasteiger partial charge in [0.2, 0.25) is 0 Å². The molecule has 0 N–H and O–H groups in total. The molecule has 0 spiro atoms. The number of alkyl halides is 6. The molecule has 3 fully saturated rings. The Morgan fingerprint density at radius 1 is 0.852 bits per heavy atom. The molecule has 3 aliphatic rings. The summed E-state index contributed by atoms with van der Waals surface area (Å²) in [6.45, 7) is 1.15. The van der Waals surface area contributed by atoms with Gasteiger partial charge in [-0.05, 0) is 63.2 Å². The molecule has 158 valence electrons. The van der Waals surface area contributed by atoms with E-state index < -0.39 is 36.6 Å². The molecule has 0 radical (unpaired) electrons. The molecule has 27 heavy (non-hydrogen) atoms. The van der Waals surface area contributed by atoms with Gasteiger partial charge in [0.05, 0.1) is 6.10 Å². The smallest absolute Gasteiger partial charge is 0.350 e. The SMILES string of the molecule is CC(OC1CCCCC1)OC(CC1CC2CCC1C2)(C(F)(F)F)C(F)(F)F. The number of fused-ring (bicyclic) bond motifs is 2. The summed E-state index contributed by atoms with van der Waals surface area (Å²) in [5.41, 5.74) is -4.16. The molecule has 0 aromatic carbocycles. The van der Waals surface area contributed by atoms with Crippen LogP contribution in [0.25, 0.3) is 0 Å². The molecule has 2 nitrogen and oxygen atoms in total. The van der Waals surface area contributed by atoms with Crippen molar-refractivity contribution in [1.29, 1.82) is 0 Å². The van der Waals surface area contributed by atoms with Gasteiger partial charge in [-0.15, -0.1) is 0 Å². The maximum absolute atomic E-state index is 13.8. The summed E-state index contributed by atoms with van der Waals surface area (Å²) in [6, 6.07) is 0. The van der Waals surface area contributed by atoms with Gasteiger partial charge >= 0.3 is 12.4 Å². The summed E-state index contributed by atoms with van der Waals surface area (Å²) in [5.74, 6) is -0.402. The van der Waals surface area contributed by atoms with E-state index in [1.165, 1.54) is 0 Å². The van der Waals surface area contributed by atoms with Crippen LogP contribution in [0.3, 0.4) is 0 Å². The van der Waals surface area contributed by atoms with Crippen LogP contribution in [-0.2, 0) is 9.47 Å². The van der Waals surface area contributed by atoms with Crippen LogP contribution in [-0.4, -0.2) is 30.3 Å². The first-order chi connectivity index (χ1) is 12.5. The lowest BCUT2D eigenvalue weighted by Gasteiger charge is -2.42. The third kappa shape index (κ3) is 4.41. The van der Waals surface area contributed by atoms with Gasteiger partial charge in [0.25, 0.3) is 5.60 Å². The van der Waals surface area contributed by atoms with Crippen LogP contribution in [0.2, 0.25) is 0 Å². The fourth-order valence-electron chi connectivity index (χ4n) is 5.35. The summed E-state index contributed by atoms with van der Waals surface area (Å²) in [4.78, 5) is 0. The van der Waals surface area contributed by atoms with E-state index in [0.717, 1.165) is 45.4 Å². The van der Waals surface area contributed by atoms with Crippen molar-refractivity contribution < 1.29 is 35.8 Å². The highest BCUT2D eigenvalue weighted by Gasteiger charge is 2.73. The van der Waals surface area contributed by atoms with Gasteiger partial charge in [0.1, 0.15) is 0 Å². The van der Waals surface area contributed by atoms with Gasteiger partial charge in [-0.2, -0.15) is 26.3 Å². The lowest BCUT2D eigenvalue weighted by Crippen LogP contribution is -2.61. The van der Waals surface area contributed by atoms with E-state index in [1.807, 2.05) is 0 Å². The molecule has 8 heteroatoms. The summed E-state index contributed by atoms with van der Waals surface area (Å²) >= 11 is 0.